The zero-order chi connectivity index (χ0) is 16.3. The molecule has 1 aliphatic rings. The van der Waals surface area contributed by atoms with Crippen molar-refractivity contribution in [2.24, 2.45) is 17.8 Å². The van der Waals surface area contributed by atoms with Gasteiger partial charge in [-0.25, -0.2) is 4.68 Å². The number of carbonyl (C=O) groups is 1. The lowest BCUT2D eigenvalue weighted by atomic mass is 9.92. The number of likely N-dealkylation sites (tertiary alicyclic amines) is 1. The molecule has 3 unspecified atom stereocenters. The third-order valence-corrected chi connectivity index (χ3v) is 4.91. The maximum absolute atomic E-state index is 12.7. The number of tetrazole rings is 1. The van der Waals surface area contributed by atoms with Gasteiger partial charge in [0.2, 0.25) is 11.1 Å². The van der Waals surface area contributed by atoms with Crippen molar-refractivity contribution < 1.29 is 4.79 Å². The van der Waals surface area contributed by atoms with E-state index in [-0.39, 0.29) is 11.2 Å². The van der Waals surface area contributed by atoms with Crippen LogP contribution in [-0.4, -0.2) is 49.4 Å². The molecule has 0 radical (unpaired) electrons. The van der Waals surface area contributed by atoms with Crippen LogP contribution in [-0.2, 0) is 11.3 Å². The van der Waals surface area contributed by atoms with Gasteiger partial charge in [-0.2, -0.15) is 0 Å². The van der Waals surface area contributed by atoms with Gasteiger partial charge in [0.1, 0.15) is 0 Å². The monoisotopic (exact) mass is 325 g/mol. The first-order valence-electron chi connectivity index (χ1n) is 8.08. The van der Waals surface area contributed by atoms with E-state index in [0.717, 1.165) is 24.8 Å². The highest BCUT2D eigenvalue weighted by Crippen LogP contribution is 2.26. The number of thioether (sulfide) groups is 1. The summed E-state index contributed by atoms with van der Waals surface area (Å²) in [5.41, 5.74) is 0. The molecule has 2 rings (SSSR count). The minimum Gasteiger partial charge on any atom is -0.341 e. The van der Waals surface area contributed by atoms with E-state index in [1.54, 1.807) is 4.68 Å². The molecule has 22 heavy (non-hydrogen) atoms. The normalized spacial score (nSPS) is 23.8. The molecule has 1 fully saturated rings. The van der Waals surface area contributed by atoms with Crippen LogP contribution >= 0.6 is 11.8 Å². The molecular formula is C15H27N5OS. The minimum atomic E-state index is -0.158. The summed E-state index contributed by atoms with van der Waals surface area (Å²) in [6.07, 6.45) is 1.21. The smallest absolute Gasteiger partial charge is 0.235 e. The third kappa shape index (κ3) is 4.44. The Kier molecular flexibility index (Phi) is 5.83. The summed E-state index contributed by atoms with van der Waals surface area (Å²) in [5.74, 6) is 1.83. The van der Waals surface area contributed by atoms with E-state index >= 15 is 0 Å². The van der Waals surface area contributed by atoms with Gasteiger partial charge in [0.15, 0.2) is 0 Å². The largest absolute Gasteiger partial charge is 0.341 e. The Bertz CT molecular complexity index is 494. The van der Waals surface area contributed by atoms with Crippen LogP contribution in [0, 0.1) is 17.8 Å². The zero-order valence-corrected chi connectivity index (χ0v) is 15.0. The molecule has 1 saturated heterocycles. The number of hydrogen-bond donors (Lipinski definition) is 0. The zero-order valence-electron chi connectivity index (χ0n) is 14.2. The molecule has 3 atom stereocenters. The summed E-state index contributed by atoms with van der Waals surface area (Å²) in [7, 11) is 0. The van der Waals surface area contributed by atoms with Crippen molar-refractivity contribution in [3.05, 3.63) is 0 Å². The highest BCUT2D eigenvalue weighted by atomic mass is 32.2. The Morgan fingerprint density at radius 2 is 1.91 bits per heavy atom. The van der Waals surface area contributed by atoms with Crippen LogP contribution in [0.2, 0.25) is 0 Å². The standard InChI is InChI=1S/C15H27N5OS/c1-10(2)7-20-15(16-17-18-20)22-13(5)14(21)19-8-11(3)6-12(4)9-19/h10-13H,6-9H2,1-5H3. The molecule has 1 aliphatic heterocycles. The van der Waals surface area contributed by atoms with Crippen molar-refractivity contribution in [3.8, 4) is 0 Å². The van der Waals surface area contributed by atoms with E-state index in [4.69, 9.17) is 0 Å². The van der Waals surface area contributed by atoms with Crippen molar-refractivity contribution in [2.75, 3.05) is 13.1 Å². The molecule has 0 saturated carbocycles. The summed E-state index contributed by atoms with van der Waals surface area (Å²) < 4.78 is 1.79. The molecule has 124 valence electrons. The Labute approximate surface area is 137 Å². The highest BCUT2D eigenvalue weighted by Gasteiger charge is 2.29. The molecule has 1 amide bonds. The quantitative estimate of drug-likeness (QED) is 0.777. The van der Waals surface area contributed by atoms with Crippen molar-refractivity contribution in [2.45, 2.75) is 58.0 Å². The van der Waals surface area contributed by atoms with Crippen LogP contribution in [0.1, 0.15) is 41.0 Å². The second-order valence-electron chi connectivity index (χ2n) is 6.99. The van der Waals surface area contributed by atoms with E-state index in [2.05, 4.69) is 43.2 Å². The molecule has 1 aromatic heterocycles. The van der Waals surface area contributed by atoms with E-state index in [0.29, 0.717) is 17.8 Å². The first-order chi connectivity index (χ1) is 10.4. The number of amides is 1. The second-order valence-corrected chi connectivity index (χ2v) is 8.29. The lowest BCUT2D eigenvalue weighted by Gasteiger charge is -2.36. The fourth-order valence-electron chi connectivity index (χ4n) is 3.05. The maximum Gasteiger partial charge on any atom is 0.235 e. The van der Waals surface area contributed by atoms with E-state index in [9.17, 15) is 4.79 Å². The van der Waals surface area contributed by atoms with Gasteiger partial charge in [0.05, 0.1) is 5.25 Å². The summed E-state index contributed by atoms with van der Waals surface area (Å²) in [5, 5.41) is 12.4. The summed E-state index contributed by atoms with van der Waals surface area (Å²) in [6, 6.07) is 0. The van der Waals surface area contributed by atoms with Gasteiger partial charge in [-0.05, 0) is 41.5 Å². The van der Waals surface area contributed by atoms with Gasteiger partial charge in [-0.3, -0.25) is 4.79 Å². The average molecular weight is 325 g/mol. The number of carbonyl (C=O) groups excluding carboxylic acids is 1. The Balaban J connectivity index is 1.98. The Morgan fingerprint density at radius 3 is 2.50 bits per heavy atom. The average Bonchev–Trinajstić information content (AvgIpc) is 2.83. The number of aromatic nitrogens is 4. The lowest BCUT2D eigenvalue weighted by Crippen LogP contribution is -2.45. The Morgan fingerprint density at radius 1 is 1.27 bits per heavy atom. The van der Waals surface area contributed by atoms with Gasteiger partial charge in [-0.1, -0.05) is 39.5 Å². The molecular weight excluding hydrogens is 298 g/mol. The molecule has 2 heterocycles. The van der Waals surface area contributed by atoms with Crippen LogP contribution in [0.15, 0.2) is 5.16 Å². The van der Waals surface area contributed by atoms with Crippen molar-refractivity contribution >= 4 is 17.7 Å². The fraction of sp³-hybridized carbons (Fsp3) is 0.867. The number of nitrogens with zero attached hydrogens (tertiary/aromatic N) is 5. The Hall–Kier alpha value is -1.11. The predicted octanol–water partition coefficient (Wildman–Crippen LogP) is 2.31. The molecule has 0 spiro atoms. The van der Waals surface area contributed by atoms with E-state index in [1.807, 2.05) is 11.8 Å². The number of hydrogen-bond acceptors (Lipinski definition) is 5. The van der Waals surface area contributed by atoms with Gasteiger partial charge < -0.3 is 4.90 Å². The summed E-state index contributed by atoms with van der Waals surface area (Å²) in [6.45, 7) is 13.1. The van der Waals surface area contributed by atoms with Crippen LogP contribution in [0.4, 0.5) is 0 Å². The number of piperidine rings is 1. The van der Waals surface area contributed by atoms with Gasteiger partial charge in [-0.15, -0.1) is 5.10 Å². The number of rotatable bonds is 5. The maximum atomic E-state index is 12.7. The molecule has 0 aliphatic carbocycles. The molecule has 6 nitrogen and oxygen atoms in total. The van der Waals surface area contributed by atoms with Crippen LogP contribution in [0.3, 0.4) is 0 Å². The highest BCUT2D eigenvalue weighted by molar-refractivity contribution is 8.00. The molecule has 0 aromatic carbocycles. The van der Waals surface area contributed by atoms with Crippen LogP contribution in [0.5, 0.6) is 0 Å². The fourth-order valence-corrected chi connectivity index (χ4v) is 3.93. The summed E-state index contributed by atoms with van der Waals surface area (Å²) in [4.78, 5) is 14.7. The van der Waals surface area contributed by atoms with E-state index in [1.165, 1.54) is 18.2 Å². The van der Waals surface area contributed by atoms with Gasteiger partial charge >= 0.3 is 0 Å². The molecule has 7 heteroatoms. The minimum absolute atomic E-state index is 0.158. The van der Waals surface area contributed by atoms with Crippen molar-refractivity contribution in [1.82, 2.24) is 25.1 Å². The predicted molar refractivity (Wildman–Crippen MR) is 87.5 cm³/mol. The second kappa shape index (κ2) is 7.44. The van der Waals surface area contributed by atoms with Crippen molar-refractivity contribution in [1.29, 1.82) is 0 Å². The molecule has 1 aromatic rings. The van der Waals surface area contributed by atoms with E-state index < -0.39 is 0 Å². The third-order valence-electron chi connectivity index (χ3n) is 3.85. The first kappa shape index (κ1) is 17.2. The van der Waals surface area contributed by atoms with Crippen LogP contribution in [0.25, 0.3) is 0 Å². The lowest BCUT2D eigenvalue weighted by molar-refractivity contribution is -0.132. The van der Waals surface area contributed by atoms with Gasteiger partial charge in [0.25, 0.3) is 0 Å². The summed E-state index contributed by atoms with van der Waals surface area (Å²) >= 11 is 1.46. The first-order valence-corrected chi connectivity index (χ1v) is 8.96. The SMILES string of the molecule is CC(C)Cn1nnnc1SC(C)C(=O)N1CC(C)CC(C)C1. The molecule has 0 N–H and O–H groups in total. The topological polar surface area (TPSA) is 63.9 Å². The van der Waals surface area contributed by atoms with Crippen LogP contribution < -0.4 is 0 Å². The molecule has 0 bridgehead atoms. The van der Waals surface area contributed by atoms with Gasteiger partial charge in [0, 0.05) is 19.6 Å². The van der Waals surface area contributed by atoms with Crippen molar-refractivity contribution in [3.63, 3.8) is 0 Å².